The lowest BCUT2D eigenvalue weighted by atomic mass is 9.82. The fourth-order valence-electron chi connectivity index (χ4n) is 2.03. The number of aliphatic hydroxyl groups excluding tert-OH is 1. The Labute approximate surface area is 101 Å². The van der Waals surface area contributed by atoms with Crippen LogP contribution < -0.4 is 9.47 Å². The molecule has 0 aliphatic carbocycles. The normalized spacial score (nSPS) is 11.5. The number of halogens is 1. The van der Waals surface area contributed by atoms with Crippen LogP contribution in [0.15, 0.2) is 6.07 Å². The van der Waals surface area contributed by atoms with Crippen LogP contribution in [0.3, 0.4) is 0 Å². The van der Waals surface area contributed by atoms with Crippen molar-refractivity contribution in [2.24, 2.45) is 0 Å². The zero-order chi connectivity index (χ0) is 13.2. The number of methoxy groups -OCH3 is 2. The van der Waals surface area contributed by atoms with Gasteiger partial charge < -0.3 is 14.6 Å². The number of rotatable bonds is 4. The van der Waals surface area contributed by atoms with Crippen LogP contribution in [0.2, 0.25) is 0 Å². The number of aliphatic hydroxyl groups is 1. The first-order valence-electron chi connectivity index (χ1n) is 5.41. The lowest BCUT2D eigenvalue weighted by molar-refractivity contribution is 0.212. The van der Waals surface area contributed by atoms with Crippen LogP contribution in [0.1, 0.15) is 25.0 Å². The van der Waals surface area contributed by atoms with Gasteiger partial charge in [-0.15, -0.1) is 0 Å². The summed E-state index contributed by atoms with van der Waals surface area (Å²) in [6.45, 7) is 5.47. The van der Waals surface area contributed by atoms with Crippen molar-refractivity contribution >= 4 is 0 Å². The van der Waals surface area contributed by atoms with Crippen LogP contribution in [0.5, 0.6) is 11.5 Å². The van der Waals surface area contributed by atoms with E-state index in [-0.39, 0.29) is 12.4 Å². The molecule has 0 spiro atoms. The van der Waals surface area contributed by atoms with Gasteiger partial charge in [0.15, 0.2) is 17.3 Å². The average Bonchev–Trinajstić information content (AvgIpc) is 2.27. The molecule has 17 heavy (non-hydrogen) atoms. The summed E-state index contributed by atoms with van der Waals surface area (Å²) in [7, 11) is 2.86. The first kappa shape index (κ1) is 13.8. The van der Waals surface area contributed by atoms with Crippen molar-refractivity contribution < 1.29 is 19.0 Å². The maximum Gasteiger partial charge on any atom is 0.197 e. The molecule has 0 bridgehead atoms. The van der Waals surface area contributed by atoms with Gasteiger partial charge in [-0.2, -0.15) is 0 Å². The van der Waals surface area contributed by atoms with Crippen molar-refractivity contribution in [3.8, 4) is 11.5 Å². The van der Waals surface area contributed by atoms with Gasteiger partial charge in [0.25, 0.3) is 0 Å². The second-order valence-electron chi connectivity index (χ2n) is 4.66. The average molecular weight is 242 g/mol. The lowest BCUT2D eigenvalue weighted by Crippen LogP contribution is -2.24. The molecule has 0 fully saturated rings. The van der Waals surface area contributed by atoms with Gasteiger partial charge in [-0.3, -0.25) is 0 Å². The first-order chi connectivity index (χ1) is 7.88. The summed E-state index contributed by atoms with van der Waals surface area (Å²) in [6, 6.07) is 1.40. The van der Waals surface area contributed by atoms with Crippen molar-refractivity contribution in [2.45, 2.75) is 26.2 Å². The smallest absolute Gasteiger partial charge is 0.197 e. The fraction of sp³-hybridized carbons (Fsp3) is 0.538. The van der Waals surface area contributed by atoms with Gasteiger partial charge in [-0.1, -0.05) is 13.8 Å². The quantitative estimate of drug-likeness (QED) is 0.881. The number of aryl methyl sites for hydroxylation is 1. The molecule has 0 saturated heterocycles. The molecule has 1 rings (SSSR count). The lowest BCUT2D eigenvalue weighted by Gasteiger charge is -2.27. The number of ether oxygens (including phenoxy) is 2. The van der Waals surface area contributed by atoms with Gasteiger partial charge in [0.1, 0.15) is 0 Å². The number of benzene rings is 1. The summed E-state index contributed by atoms with van der Waals surface area (Å²) in [5.41, 5.74) is 0.983. The Morgan fingerprint density at radius 3 is 2.18 bits per heavy atom. The summed E-state index contributed by atoms with van der Waals surface area (Å²) < 4.78 is 24.0. The summed E-state index contributed by atoms with van der Waals surface area (Å²) >= 11 is 0. The standard InChI is InChI=1S/C13H19FO3/c1-8-6-9(14)11(16-4)12(17-5)10(8)13(2,3)7-15/h6,15H,7H2,1-5H3. The van der Waals surface area contributed by atoms with Crippen LogP contribution in [-0.2, 0) is 5.41 Å². The van der Waals surface area contributed by atoms with Gasteiger partial charge in [-0.05, 0) is 18.6 Å². The SMILES string of the molecule is COc1c(F)cc(C)c(C(C)(C)CO)c1OC. The van der Waals surface area contributed by atoms with E-state index in [4.69, 9.17) is 9.47 Å². The van der Waals surface area contributed by atoms with E-state index in [0.717, 1.165) is 11.1 Å². The highest BCUT2D eigenvalue weighted by Crippen LogP contribution is 2.42. The molecular formula is C13H19FO3. The summed E-state index contributed by atoms with van der Waals surface area (Å²) in [4.78, 5) is 0. The molecule has 3 nitrogen and oxygen atoms in total. The molecule has 96 valence electrons. The minimum absolute atomic E-state index is 0.0566. The van der Waals surface area contributed by atoms with Crippen LogP contribution in [0.4, 0.5) is 4.39 Å². The highest BCUT2D eigenvalue weighted by atomic mass is 19.1. The van der Waals surface area contributed by atoms with Crippen molar-refractivity contribution in [3.63, 3.8) is 0 Å². The third-order valence-electron chi connectivity index (χ3n) is 2.87. The minimum atomic E-state index is -0.517. The van der Waals surface area contributed by atoms with E-state index in [0.29, 0.717) is 5.75 Å². The van der Waals surface area contributed by atoms with Crippen molar-refractivity contribution in [3.05, 3.63) is 23.0 Å². The summed E-state index contributed by atoms with van der Waals surface area (Å²) in [5.74, 6) is -0.0296. The van der Waals surface area contributed by atoms with Gasteiger partial charge in [0.2, 0.25) is 0 Å². The zero-order valence-corrected chi connectivity index (χ0v) is 10.9. The molecule has 4 heteroatoms. The van der Waals surface area contributed by atoms with Crippen LogP contribution in [-0.4, -0.2) is 25.9 Å². The van der Waals surface area contributed by atoms with Gasteiger partial charge in [0.05, 0.1) is 20.8 Å². The monoisotopic (exact) mass is 242 g/mol. The first-order valence-corrected chi connectivity index (χ1v) is 5.41. The predicted molar refractivity (Wildman–Crippen MR) is 64.4 cm³/mol. The fourth-order valence-corrected chi connectivity index (χ4v) is 2.03. The van der Waals surface area contributed by atoms with E-state index >= 15 is 0 Å². The molecule has 1 aromatic rings. The molecule has 0 amide bonds. The Kier molecular flexibility index (Phi) is 3.98. The molecule has 0 unspecified atom stereocenters. The highest BCUT2D eigenvalue weighted by molar-refractivity contribution is 5.54. The van der Waals surface area contributed by atoms with E-state index in [1.807, 2.05) is 13.8 Å². The maximum absolute atomic E-state index is 13.7. The summed E-state index contributed by atoms with van der Waals surface area (Å²) in [5, 5.41) is 9.43. The molecule has 0 radical (unpaired) electrons. The molecule has 0 aliphatic heterocycles. The molecule has 0 aliphatic rings. The maximum atomic E-state index is 13.7. The molecule has 0 heterocycles. The van der Waals surface area contributed by atoms with Crippen LogP contribution >= 0.6 is 0 Å². The molecule has 0 saturated carbocycles. The van der Waals surface area contributed by atoms with E-state index in [1.165, 1.54) is 20.3 Å². The topological polar surface area (TPSA) is 38.7 Å². The van der Waals surface area contributed by atoms with Crippen molar-refractivity contribution in [1.82, 2.24) is 0 Å². The van der Waals surface area contributed by atoms with E-state index in [2.05, 4.69) is 0 Å². The zero-order valence-electron chi connectivity index (χ0n) is 10.9. The third kappa shape index (κ3) is 2.36. The van der Waals surface area contributed by atoms with Crippen LogP contribution in [0.25, 0.3) is 0 Å². The minimum Gasteiger partial charge on any atom is -0.492 e. The third-order valence-corrected chi connectivity index (χ3v) is 2.87. The second-order valence-corrected chi connectivity index (χ2v) is 4.66. The molecule has 1 N–H and O–H groups in total. The summed E-state index contributed by atoms with van der Waals surface area (Å²) in [6.07, 6.45) is 0. The predicted octanol–water partition coefficient (Wildman–Crippen LogP) is 2.42. The van der Waals surface area contributed by atoms with E-state index in [1.54, 1.807) is 6.92 Å². The molecule has 1 aromatic carbocycles. The van der Waals surface area contributed by atoms with Gasteiger partial charge in [-0.25, -0.2) is 4.39 Å². The number of hydrogen-bond donors (Lipinski definition) is 1. The Morgan fingerprint density at radius 2 is 1.76 bits per heavy atom. The van der Waals surface area contributed by atoms with Gasteiger partial charge >= 0.3 is 0 Å². The molecule has 0 atom stereocenters. The Bertz CT molecular complexity index is 414. The van der Waals surface area contributed by atoms with E-state index in [9.17, 15) is 9.50 Å². The van der Waals surface area contributed by atoms with Gasteiger partial charge in [0, 0.05) is 11.0 Å². The number of hydrogen-bond acceptors (Lipinski definition) is 3. The van der Waals surface area contributed by atoms with Crippen LogP contribution in [0, 0.1) is 12.7 Å². The Morgan fingerprint density at radius 1 is 1.24 bits per heavy atom. The highest BCUT2D eigenvalue weighted by Gasteiger charge is 2.29. The van der Waals surface area contributed by atoms with Crippen molar-refractivity contribution in [1.29, 1.82) is 0 Å². The van der Waals surface area contributed by atoms with E-state index < -0.39 is 11.2 Å². The Balaban J connectivity index is 3.59. The Hall–Kier alpha value is -1.29. The van der Waals surface area contributed by atoms with Crippen molar-refractivity contribution in [2.75, 3.05) is 20.8 Å². The second kappa shape index (κ2) is 4.92. The largest absolute Gasteiger partial charge is 0.492 e. The molecule has 0 aromatic heterocycles. The molecular weight excluding hydrogens is 223 g/mol.